The van der Waals surface area contributed by atoms with Crippen LogP contribution in [0.15, 0.2) is 41.0 Å². The summed E-state index contributed by atoms with van der Waals surface area (Å²) in [6, 6.07) is 10.3. The van der Waals surface area contributed by atoms with Gasteiger partial charge in [-0.2, -0.15) is 5.26 Å². The lowest BCUT2D eigenvalue weighted by Crippen LogP contribution is -1.86. The zero-order chi connectivity index (χ0) is 11.5. The summed E-state index contributed by atoms with van der Waals surface area (Å²) in [6.07, 6.45) is 1.64. The Morgan fingerprint density at radius 1 is 1.31 bits per heavy atom. The first kappa shape index (κ1) is 10.7. The standard InChI is InChI=1S/C12H7BrN2O/c13-10-2-1-5-15-12(10)9-6-8(7-14)3-4-11(9)16/h1-6,16H. The maximum absolute atomic E-state index is 9.74. The molecular weight excluding hydrogens is 268 g/mol. The van der Waals surface area contributed by atoms with Crippen LogP contribution >= 0.6 is 15.9 Å². The Balaban J connectivity index is 2.65. The molecule has 0 bridgehead atoms. The van der Waals surface area contributed by atoms with Crippen LogP contribution in [0.1, 0.15) is 5.56 Å². The lowest BCUT2D eigenvalue weighted by atomic mass is 10.1. The molecule has 0 aliphatic rings. The second kappa shape index (κ2) is 4.33. The van der Waals surface area contributed by atoms with Crippen LogP contribution in [-0.4, -0.2) is 10.1 Å². The number of phenols is 1. The fourth-order valence-corrected chi connectivity index (χ4v) is 1.85. The number of hydrogen-bond donors (Lipinski definition) is 1. The summed E-state index contributed by atoms with van der Waals surface area (Å²) in [4.78, 5) is 4.17. The van der Waals surface area contributed by atoms with E-state index >= 15 is 0 Å². The van der Waals surface area contributed by atoms with Gasteiger partial charge < -0.3 is 5.11 Å². The zero-order valence-electron chi connectivity index (χ0n) is 8.18. The lowest BCUT2D eigenvalue weighted by molar-refractivity contribution is 0.477. The minimum atomic E-state index is 0.110. The van der Waals surface area contributed by atoms with Crippen LogP contribution < -0.4 is 0 Å². The van der Waals surface area contributed by atoms with E-state index in [1.54, 1.807) is 24.4 Å². The molecule has 1 heterocycles. The minimum Gasteiger partial charge on any atom is -0.507 e. The molecule has 0 saturated heterocycles. The SMILES string of the molecule is N#Cc1ccc(O)c(-c2ncccc2Br)c1. The molecule has 1 aromatic carbocycles. The molecule has 1 aromatic heterocycles. The Morgan fingerprint density at radius 2 is 2.12 bits per heavy atom. The Morgan fingerprint density at radius 3 is 2.81 bits per heavy atom. The van der Waals surface area contributed by atoms with Gasteiger partial charge in [0.2, 0.25) is 0 Å². The monoisotopic (exact) mass is 274 g/mol. The second-order valence-corrected chi connectivity index (χ2v) is 4.03. The van der Waals surface area contributed by atoms with Gasteiger partial charge in [0, 0.05) is 16.2 Å². The Labute approximate surface area is 101 Å². The summed E-state index contributed by atoms with van der Waals surface area (Å²) in [5.41, 5.74) is 1.66. The van der Waals surface area contributed by atoms with Gasteiger partial charge in [-0.25, -0.2) is 0 Å². The zero-order valence-corrected chi connectivity index (χ0v) is 9.77. The molecule has 0 radical (unpaired) electrons. The predicted molar refractivity (Wildman–Crippen MR) is 63.8 cm³/mol. The van der Waals surface area contributed by atoms with Crippen molar-refractivity contribution in [2.24, 2.45) is 0 Å². The van der Waals surface area contributed by atoms with E-state index in [1.165, 1.54) is 6.07 Å². The molecule has 3 nitrogen and oxygen atoms in total. The molecule has 1 N–H and O–H groups in total. The number of aromatic nitrogens is 1. The predicted octanol–water partition coefficient (Wildman–Crippen LogP) is 3.09. The first-order chi connectivity index (χ1) is 7.72. The number of benzene rings is 1. The number of nitriles is 1. The third-order valence-corrected chi connectivity index (χ3v) is 2.78. The Hall–Kier alpha value is -1.86. The molecule has 78 valence electrons. The lowest BCUT2D eigenvalue weighted by Gasteiger charge is -2.05. The second-order valence-electron chi connectivity index (χ2n) is 3.18. The maximum Gasteiger partial charge on any atom is 0.125 e. The van der Waals surface area contributed by atoms with Crippen molar-refractivity contribution in [1.82, 2.24) is 4.98 Å². The van der Waals surface area contributed by atoms with Crippen LogP contribution in [0.3, 0.4) is 0 Å². The fourth-order valence-electron chi connectivity index (χ4n) is 1.38. The third-order valence-electron chi connectivity index (χ3n) is 2.14. The van der Waals surface area contributed by atoms with Gasteiger partial charge in [-0.05, 0) is 46.3 Å². The third kappa shape index (κ3) is 1.90. The first-order valence-corrected chi connectivity index (χ1v) is 5.35. The molecular formula is C12H7BrN2O. The van der Waals surface area contributed by atoms with Crippen LogP contribution in [-0.2, 0) is 0 Å². The van der Waals surface area contributed by atoms with Crippen molar-refractivity contribution in [2.75, 3.05) is 0 Å². The van der Waals surface area contributed by atoms with Crippen LogP contribution in [0, 0.1) is 11.3 Å². The Kier molecular flexibility index (Phi) is 2.88. The quantitative estimate of drug-likeness (QED) is 0.870. The molecule has 0 atom stereocenters. The number of phenolic OH excluding ortho intramolecular Hbond substituents is 1. The smallest absolute Gasteiger partial charge is 0.125 e. The van der Waals surface area contributed by atoms with Gasteiger partial charge in [0.1, 0.15) is 5.75 Å². The maximum atomic E-state index is 9.74. The number of aromatic hydroxyl groups is 1. The van der Waals surface area contributed by atoms with Crippen molar-refractivity contribution in [3.05, 3.63) is 46.6 Å². The number of pyridine rings is 1. The molecule has 0 unspecified atom stereocenters. The molecule has 0 saturated carbocycles. The molecule has 0 aliphatic heterocycles. The van der Waals surface area contributed by atoms with Crippen LogP contribution in [0.2, 0.25) is 0 Å². The highest BCUT2D eigenvalue weighted by atomic mass is 79.9. The molecule has 0 fully saturated rings. The highest BCUT2D eigenvalue weighted by Gasteiger charge is 2.09. The largest absolute Gasteiger partial charge is 0.507 e. The van der Waals surface area contributed by atoms with Gasteiger partial charge in [-0.1, -0.05) is 0 Å². The van der Waals surface area contributed by atoms with Gasteiger partial charge in [0.25, 0.3) is 0 Å². The average molecular weight is 275 g/mol. The van der Waals surface area contributed by atoms with E-state index in [0.717, 1.165) is 4.47 Å². The molecule has 0 spiro atoms. The van der Waals surface area contributed by atoms with Crippen molar-refractivity contribution >= 4 is 15.9 Å². The van der Waals surface area contributed by atoms with Crippen molar-refractivity contribution < 1.29 is 5.11 Å². The van der Waals surface area contributed by atoms with E-state index < -0.39 is 0 Å². The van der Waals surface area contributed by atoms with Gasteiger partial charge in [0.15, 0.2) is 0 Å². The molecule has 0 amide bonds. The summed E-state index contributed by atoms with van der Waals surface area (Å²) in [5, 5.41) is 18.5. The normalized spacial score (nSPS) is 9.75. The van der Waals surface area contributed by atoms with Crippen LogP contribution in [0.5, 0.6) is 5.75 Å². The summed E-state index contributed by atoms with van der Waals surface area (Å²) in [5.74, 6) is 0.110. The summed E-state index contributed by atoms with van der Waals surface area (Å²) >= 11 is 3.36. The van der Waals surface area contributed by atoms with E-state index in [9.17, 15) is 5.11 Å². The van der Waals surface area contributed by atoms with Crippen LogP contribution in [0.25, 0.3) is 11.3 Å². The summed E-state index contributed by atoms with van der Waals surface area (Å²) < 4.78 is 0.778. The van der Waals surface area contributed by atoms with Gasteiger partial charge in [-0.15, -0.1) is 0 Å². The highest BCUT2D eigenvalue weighted by molar-refractivity contribution is 9.10. The number of halogens is 1. The number of hydrogen-bond acceptors (Lipinski definition) is 3. The first-order valence-electron chi connectivity index (χ1n) is 4.56. The van der Waals surface area contributed by atoms with E-state index in [4.69, 9.17) is 5.26 Å². The summed E-state index contributed by atoms with van der Waals surface area (Å²) in [6.45, 7) is 0. The van der Waals surface area contributed by atoms with Crippen molar-refractivity contribution in [2.45, 2.75) is 0 Å². The molecule has 16 heavy (non-hydrogen) atoms. The van der Waals surface area contributed by atoms with Gasteiger partial charge in [-0.3, -0.25) is 4.98 Å². The van der Waals surface area contributed by atoms with Gasteiger partial charge in [0.05, 0.1) is 17.3 Å². The summed E-state index contributed by atoms with van der Waals surface area (Å²) in [7, 11) is 0. The average Bonchev–Trinajstić information content (AvgIpc) is 2.31. The van der Waals surface area contributed by atoms with Crippen LogP contribution in [0.4, 0.5) is 0 Å². The van der Waals surface area contributed by atoms with Crippen molar-refractivity contribution in [3.8, 4) is 23.1 Å². The molecule has 2 rings (SSSR count). The Bertz CT molecular complexity index is 575. The van der Waals surface area contributed by atoms with E-state index in [0.29, 0.717) is 16.8 Å². The van der Waals surface area contributed by atoms with Gasteiger partial charge >= 0.3 is 0 Å². The van der Waals surface area contributed by atoms with E-state index in [-0.39, 0.29) is 5.75 Å². The van der Waals surface area contributed by atoms with E-state index in [1.807, 2.05) is 12.1 Å². The van der Waals surface area contributed by atoms with Crippen molar-refractivity contribution in [3.63, 3.8) is 0 Å². The number of nitrogens with zero attached hydrogens (tertiary/aromatic N) is 2. The number of rotatable bonds is 1. The topological polar surface area (TPSA) is 56.9 Å². The molecule has 0 aliphatic carbocycles. The highest BCUT2D eigenvalue weighted by Crippen LogP contribution is 2.32. The molecule has 4 heteroatoms. The van der Waals surface area contributed by atoms with E-state index in [2.05, 4.69) is 20.9 Å². The minimum absolute atomic E-state index is 0.110. The fraction of sp³-hybridized carbons (Fsp3) is 0. The molecule has 2 aromatic rings. The van der Waals surface area contributed by atoms with Crippen molar-refractivity contribution in [1.29, 1.82) is 5.26 Å².